The van der Waals surface area contributed by atoms with Gasteiger partial charge in [-0.25, -0.2) is 15.0 Å². The minimum atomic E-state index is 0.636. The Morgan fingerprint density at radius 2 is 1.10 bits per heavy atom. The minimum Gasteiger partial charge on any atom is -0.293 e. The fourth-order valence-corrected chi connectivity index (χ4v) is 7.50. The molecule has 0 fully saturated rings. The van der Waals surface area contributed by atoms with Crippen molar-refractivity contribution < 1.29 is 0 Å². The van der Waals surface area contributed by atoms with Crippen molar-refractivity contribution in [2.75, 3.05) is 0 Å². The third-order valence-corrected chi connectivity index (χ3v) is 9.56. The molecule has 0 atom stereocenters. The molecule has 0 aliphatic carbocycles. The molecule has 0 aliphatic heterocycles. The maximum absolute atomic E-state index is 5.28. The summed E-state index contributed by atoms with van der Waals surface area (Å²) >= 11 is 0. The third-order valence-electron chi connectivity index (χ3n) is 9.56. The van der Waals surface area contributed by atoms with E-state index in [1.165, 1.54) is 0 Å². The lowest BCUT2D eigenvalue weighted by Gasteiger charge is -2.11. The average molecular weight is 616 g/mol. The highest BCUT2D eigenvalue weighted by molar-refractivity contribution is 5.99. The molecule has 0 aliphatic rings. The number of imidazole rings is 3. The highest BCUT2D eigenvalue weighted by Gasteiger charge is 2.22. The molecule has 0 radical (unpaired) electrons. The molecule has 0 amide bonds. The molecular weight excluding hydrogens is 591 g/mol. The zero-order valence-electron chi connectivity index (χ0n) is 25.6. The lowest BCUT2D eigenvalue weighted by Crippen LogP contribution is -2.03. The summed E-state index contributed by atoms with van der Waals surface area (Å²) in [7, 11) is 0. The van der Waals surface area contributed by atoms with E-state index in [-0.39, 0.29) is 0 Å². The Balaban J connectivity index is 1.25. The second kappa shape index (κ2) is 9.40. The van der Waals surface area contributed by atoms with Gasteiger partial charge in [-0.1, -0.05) is 91.0 Å². The SMILES string of the molecule is c1ccc(-c2nc(-n3c4ccc(-n5c6ccccc6n6c7ccccc7nc56)cc4n4c5ccccc5cc34)nc3ccccc23)cc1. The number of rotatable bonds is 3. The van der Waals surface area contributed by atoms with E-state index < -0.39 is 0 Å². The molecule has 0 saturated carbocycles. The van der Waals surface area contributed by atoms with Crippen LogP contribution in [0.25, 0.3) is 89.2 Å². The molecular formula is C41H25N7. The van der Waals surface area contributed by atoms with Crippen LogP contribution in [0.4, 0.5) is 0 Å². The summed E-state index contributed by atoms with van der Waals surface area (Å²) in [6.45, 7) is 0. The Kier molecular flexibility index (Phi) is 4.99. The quantitative estimate of drug-likeness (QED) is 0.199. The maximum Gasteiger partial charge on any atom is 0.237 e. The Morgan fingerprint density at radius 1 is 0.417 bits per heavy atom. The van der Waals surface area contributed by atoms with Crippen molar-refractivity contribution >= 4 is 66.3 Å². The Labute approximate surface area is 273 Å². The molecule has 0 spiro atoms. The summed E-state index contributed by atoms with van der Waals surface area (Å²) < 4.78 is 9.06. The number of fused-ring (bicyclic) bond motifs is 11. The summed E-state index contributed by atoms with van der Waals surface area (Å²) in [4.78, 5) is 15.6. The van der Waals surface area contributed by atoms with Crippen LogP contribution in [-0.4, -0.2) is 32.9 Å². The van der Waals surface area contributed by atoms with E-state index >= 15 is 0 Å². The molecule has 11 aromatic rings. The monoisotopic (exact) mass is 615 g/mol. The van der Waals surface area contributed by atoms with Crippen LogP contribution in [0.3, 0.4) is 0 Å². The van der Waals surface area contributed by atoms with Gasteiger partial charge in [-0.3, -0.25) is 17.9 Å². The topological polar surface area (TPSA) is 57.3 Å². The number of aromatic nitrogens is 7. The van der Waals surface area contributed by atoms with Gasteiger partial charge in [-0.15, -0.1) is 0 Å². The lowest BCUT2D eigenvalue weighted by molar-refractivity contribution is 1.00. The normalized spacial score (nSPS) is 12.2. The predicted octanol–water partition coefficient (Wildman–Crippen LogP) is 9.39. The molecule has 0 saturated heterocycles. The molecule has 48 heavy (non-hydrogen) atoms. The van der Waals surface area contributed by atoms with E-state index in [1.807, 2.05) is 24.3 Å². The van der Waals surface area contributed by atoms with Gasteiger partial charge >= 0.3 is 0 Å². The van der Waals surface area contributed by atoms with E-state index in [4.69, 9.17) is 15.0 Å². The molecule has 6 aromatic carbocycles. The fourth-order valence-electron chi connectivity index (χ4n) is 7.50. The molecule has 11 rings (SSSR count). The van der Waals surface area contributed by atoms with E-state index in [0.29, 0.717) is 5.95 Å². The Morgan fingerprint density at radius 3 is 1.98 bits per heavy atom. The first kappa shape index (κ1) is 25.5. The highest BCUT2D eigenvalue weighted by atomic mass is 15.2. The average Bonchev–Trinajstić information content (AvgIpc) is 3.87. The van der Waals surface area contributed by atoms with Crippen LogP contribution in [0, 0.1) is 0 Å². The van der Waals surface area contributed by atoms with Crippen molar-refractivity contribution in [2.24, 2.45) is 0 Å². The summed E-state index contributed by atoms with van der Waals surface area (Å²) in [5, 5.41) is 2.18. The van der Waals surface area contributed by atoms with Crippen molar-refractivity contribution in [1.29, 1.82) is 0 Å². The van der Waals surface area contributed by atoms with E-state index in [2.05, 4.69) is 145 Å². The first-order valence-electron chi connectivity index (χ1n) is 16.1. The predicted molar refractivity (Wildman–Crippen MR) is 193 cm³/mol. The van der Waals surface area contributed by atoms with Crippen molar-refractivity contribution in [1.82, 2.24) is 32.9 Å². The van der Waals surface area contributed by atoms with Crippen LogP contribution in [0.1, 0.15) is 0 Å². The maximum atomic E-state index is 5.28. The van der Waals surface area contributed by atoms with Crippen LogP contribution >= 0.6 is 0 Å². The van der Waals surface area contributed by atoms with Crippen LogP contribution in [0.15, 0.2) is 152 Å². The number of hydrogen-bond acceptors (Lipinski definition) is 3. The number of nitrogens with zero attached hydrogens (tertiary/aromatic N) is 7. The van der Waals surface area contributed by atoms with Crippen molar-refractivity contribution in [3.8, 4) is 22.9 Å². The standard InChI is InChI=1S/C41H25N7/c1-2-12-26(13-3-1)39-29-15-5-6-16-30(29)42-40(44-39)48-36-23-22-28(25-37(36)46-32-18-8-4-14-27(32)24-38(46)48)45-34-20-10-11-21-35(34)47-33-19-9-7-17-31(33)43-41(45)47/h1-25H. The zero-order chi connectivity index (χ0) is 31.3. The summed E-state index contributed by atoms with van der Waals surface area (Å²) in [6, 6.07) is 52.9. The summed E-state index contributed by atoms with van der Waals surface area (Å²) in [6.07, 6.45) is 0. The Bertz CT molecular complexity index is 3070. The minimum absolute atomic E-state index is 0.636. The van der Waals surface area contributed by atoms with Gasteiger partial charge < -0.3 is 0 Å². The Hall–Kier alpha value is -6.73. The van der Waals surface area contributed by atoms with Crippen molar-refractivity contribution in [3.05, 3.63) is 152 Å². The van der Waals surface area contributed by atoms with Gasteiger partial charge in [-0.2, -0.15) is 0 Å². The third kappa shape index (κ3) is 3.39. The first-order valence-corrected chi connectivity index (χ1v) is 16.1. The number of benzene rings is 6. The molecule has 5 heterocycles. The molecule has 224 valence electrons. The van der Waals surface area contributed by atoms with E-state index in [1.54, 1.807) is 0 Å². The first-order chi connectivity index (χ1) is 23.8. The molecule has 7 nitrogen and oxygen atoms in total. The molecule has 0 unspecified atom stereocenters. The van der Waals surface area contributed by atoms with Crippen LogP contribution in [-0.2, 0) is 0 Å². The van der Waals surface area contributed by atoms with Crippen LogP contribution in [0.5, 0.6) is 0 Å². The lowest BCUT2D eigenvalue weighted by atomic mass is 10.1. The van der Waals surface area contributed by atoms with Crippen molar-refractivity contribution in [3.63, 3.8) is 0 Å². The van der Waals surface area contributed by atoms with Crippen molar-refractivity contribution in [2.45, 2.75) is 0 Å². The largest absolute Gasteiger partial charge is 0.293 e. The smallest absolute Gasteiger partial charge is 0.237 e. The molecule has 0 N–H and O–H groups in total. The highest BCUT2D eigenvalue weighted by Crippen LogP contribution is 2.36. The number of hydrogen-bond donors (Lipinski definition) is 0. The molecule has 5 aromatic heterocycles. The van der Waals surface area contributed by atoms with Gasteiger partial charge in [0.15, 0.2) is 0 Å². The fraction of sp³-hybridized carbons (Fsp3) is 0. The zero-order valence-corrected chi connectivity index (χ0v) is 25.6. The number of para-hydroxylation sites is 6. The van der Waals surface area contributed by atoms with E-state index in [9.17, 15) is 0 Å². The van der Waals surface area contributed by atoms with Gasteiger partial charge in [0.25, 0.3) is 0 Å². The van der Waals surface area contributed by atoms with Crippen LogP contribution < -0.4 is 0 Å². The van der Waals surface area contributed by atoms with Gasteiger partial charge in [-0.05, 0) is 60.7 Å². The van der Waals surface area contributed by atoms with Crippen LogP contribution in [0.2, 0.25) is 0 Å². The van der Waals surface area contributed by atoms with Gasteiger partial charge in [0.2, 0.25) is 11.7 Å². The summed E-state index contributed by atoms with van der Waals surface area (Å²) in [5.74, 6) is 1.52. The van der Waals surface area contributed by atoms with E-state index in [0.717, 1.165) is 83.3 Å². The van der Waals surface area contributed by atoms with Gasteiger partial charge in [0.1, 0.15) is 5.65 Å². The van der Waals surface area contributed by atoms with Gasteiger partial charge in [0.05, 0.1) is 55.5 Å². The second-order valence-electron chi connectivity index (χ2n) is 12.2. The molecule has 7 heteroatoms. The summed E-state index contributed by atoms with van der Waals surface area (Å²) in [5.41, 5.74) is 12.4. The second-order valence-corrected chi connectivity index (χ2v) is 12.2. The molecule has 0 bridgehead atoms. The van der Waals surface area contributed by atoms with Gasteiger partial charge in [0, 0.05) is 16.3 Å².